The van der Waals surface area contributed by atoms with Crippen LogP contribution in [0.5, 0.6) is 0 Å². The number of nitrogens with two attached hydrogens (primary N) is 1. The number of hydrogen-bond donors (Lipinski definition) is 2. The first kappa shape index (κ1) is 13.0. The lowest BCUT2D eigenvalue weighted by molar-refractivity contribution is 0.0787. The second-order valence-electron chi connectivity index (χ2n) is 4.72. The number of fused-ring (bicyclic) bond motifs is 1. The highest BCUT2D eigenvalue weighted by Gasteiger charge is 2.17. The van der Waals surface area contributed by atoms with Crippen molar-refractivity contribution in [1.29, 1.82) is 5.26 Å². The topological polar surface area (TPSA) is 85.9 Å². The number of nitrogens with zero attached hydrogens (tertiary/aromatic N) is 2. The van der Waals surface area contributed by atoms with E-state index in [1.54, 1.807) is 37.2 Å². The van der Waals surface area contributed by atoms with Gasteiger partial charge in [-0.05, 0) is 25.1 Å². The maximum absolute atomic E-state index is 12.3. The van der Waals surface area contributed by atoms with Gasteiger partial charge in [-0.25, -0.2) is 0 Å². The highest BCUT2D eigenvalue weighted by molar-refractivity contribution is 6.07. The summed E-state index contributed by atoms with van der Waals surface area (Å²) in [5, 5.41) is 9.63. The van der Waals surface area contributed by atoms with Gasteiger partial charge in [-0.15, -0.1) is 0 Å². The number of aromatic amines is 1. The molecule has 1 aromatic heterocycles. The first-order chi connectivity index (χ1) is 9.02. The van der Waals surface area contributed by atoms with Crippen LogP contribution in [0.1, 0.15) is 17.3 Å². The van der Waals surface area contributed by atoms with Gasteiger partial charge in [0.1, 0.15) is 0 Å². The van der Waals surface area contributed by atoms with Gasteiger partial charge < -0.3 is 15.6 Å². The van der Waals surface area contributed by atoms with Crippen LogP contribution >= 0.6 is 0 Å². The van der Waals surface area contributed by atoms with Crippen molar-refractivity contribution in [3.05, 3.63) is 30.0 Å². The minimum atomic E-state index is -0.185. The lowest BCUT2D eigenvalue weighted by Gasteiger charge is -2.17. The molecule has 1 amide bonds. The Bertz CT molecular complexity index is 653. The van der Waals surface area contributed by atoms with Gasteiger partial charge in [-0.2, -0.15) is 5.26 Å². The molecule has 5 nitrogen and oxygen atoms in total. The third-order valence-electron chi connectivity index (χ3n) is 3.05. The quantitative estimate of drug-likeness (QED) is 0.823. The van der Waals surface area contributed by atoms with E-state index >= 15 is 0 Å². The second-order valence-corrected chi connectivity index (χ2v) is 4.72. The Balaban J connectivity index is 2.29. The van der Waals surface area contributed by atoms with Crippen molar-refractivity contribution in [2.75, 3.05) is 19.3 Å². The number of aromatic nitrogens is 1. The van der Waals surface area contributed by atoms with E-state index in [0.29, 0.717) is 17.8 Å². The standard InChI is InChI=1S/C14H16N4O/c1-9(6-15)8-18(2)14(19)12-7-17-13-5-10(16)3-4-11(12)13/h3-5,7,9,17H,8,16H2,1-2H3. The van der Waals surface area contributed by atoms with E-state index < -0.39 is 0 Å². The molecule has 0 saturated carbocycles. The summed E-state index contributed by atoms with van der Waals surface area (Å²) >= 11 is 0. The largest absolute Gasteiger partial charge is 0.399 e. The van der Waals surface area contributed by atoms with Crippen molar-refractivity contribution in [3.8, 4) is 6.07 Å². The molecule has 3 N–H and O–H groups in total. The molecule has 2 aromatic rings. The number of carbonyl (C=O) groups excluding carboxylic acids is 1. The Morgan fingerprint density at radius 2 is 2.32 bits per heavy atom. The van der Waals surface area contributed by atoms with E-state index in [9.17, 15) is 4.79 Å². The van der Waals surface area contributed by atoms with E-state index in [0.717, 1.165) is 10.9 Å². The first-order valence-corrected chi connectivity index (χ1v) is 6.04. The Morgan fingerprint density at radius 1 is 1.58 bits per heavy atom. The van der Waals surface area contributed by atoms with Crippen LogP contribution in [-0.4, -0.2) is 29.4 Å². The number of amides is 1. The van der Waals surface area contributed by atoms with Gasteiger partial charge in [-0.3, -0.25) is 4.79 Å². The molecule has 19 heavy (non-hydrogen) atoms. The highest BCUT2D eigenvalue weighted by Crippen LogP contribution is 2.21. The third kappa shape index (κ3) is 2.52. The number of rotatable bonds is 3. The molecule has 1 unspecified atom stereocenters. The molecule has 1 aromatic carbocycles. The Morgan fingerprint density at radius 3 is 3.00 bits per heavy atom. The minimum absolute atomic E-state index is 0.0990. The molecule has 5 heteroatoms. The fourth-order valence-electron chi connectivity index (χ4n) is 2.06. The lowest BCUT2D eigenvalue weighted by Crippen LogP contribution is -2.30. The SMILES string of the molecule is CC(C#N)CN(C)C(=O)c1c[nH]c2cc(N)ccc12. The van der Waals surface area contributed by atoms with Gasteiger partial charge in [0.05, 0.1) is 17.6 Å². The summed E-state index contributed by atoms with van der Waals surface area (Å²) in [6.07, 6.45) is 1.68. The van der Waals surface area contributed by atoms with Gasteiger partial charge in [0.25, 0.3) is 5.91 Å². The lowest BCUT2D eigenvalue weighted by atomic mass is 10.1. The molecule has 0 spiro atoms. The van der Waals surface area contributed by atoms with Crippen molar-refractivity contribution < 1.29 is 4.79 Å². The number of nitrogen functional groups attached to an aromatic ring is 1. The van der Waals surface area contributed by atoms with E-state index in [-0.39, 0.29) is 11.8 Å². The van der Waals surface area contributed by atoms with Gasteiger partial charge in [0.2, 0.25) is 0 Å². The van der Waals surface area contributed by atoms with Gasteiger partial charge in [0, 0.05) is 36.4 Å². The number of H-pyrrole nitrogens is 1. The summed E-state index contributed by atoms with van der Waals surface area (Å²) in [6.45, 7) is 2.21. The molecule has 0 fully saturated rings. The van der Waals surface area contributed by atoms with E-state index in [2.05, 4.69) is 11.1 Å². The van der Waals surface area contributed by atoms with Crippen molar-refractivity contribution >= 4 is 22.5 Å². The van der Waals surface area contributed by atoms with Crippen molar-refractivity contribution in [1.82, 2.24) is 9.88 Å². The van der Waals surface area contributed by atoms with Crippen LogP contribution in [0, 0.1) is 17.2 Å². The van der Waals surface area contributed by atoms with Crippen molar-refractivity contribution in [2.45, 2.75) is 6.92 Å². The summed E-state index contributed by atoms with van der Waals surface area (Å²) < 4.78 is 0. The summed E-state index contributed by atoms with van der Waals surface area (Å²) in [5.41, 5.74) is 7.79. The molecule has 98 valence electrons. The molecular weight excluding hydrogens is 240 g/mol. The van der Waals surface area contributed by atoms with Crippen LogP contribution in [0.4, 0.5) is 5.69 Å². The van der Waals surface area contributed by atoms with Crippen LogP contribution in [0.15, 0.2) is 24.4 Å². The normalized spacial score (nSPS) is 12.1. The minimum Gasteiger partial charge on any atom is -0.399 e. The number of benzene rings is 1. The van der Waals surface area contributed by atoms with Crippen LogP contribution in [0.2, 0.25) is 0 Å². The molecule has 0 saturated heterocycles. The second kappa shape index (κ2) is 5.02. The zero-order valence-electron chi connectivity index (χ0n) is 11.0. The summed E-state index contributed by atoms with van der Waals surface area (Å²) in [7, 11) is 1.70. The molecule has 0 bridgehead atoms. The van der Waals surface area contributed by atoms with Crippen molar-refractivity contribution in [2.24, 2.45) is 5.92 Å². The molecule has 2 rings (SSSR count). The number of carbonyl (C=O) groups is 1. The molecule has 1 heterocycles. The van der Waals surface area contributed by atoms with Crippen molar-refractivity contribution in [3.63, 3.8) is 0 Å². The van der Waals surface area contributed by atoms with Crippen LogP contribution < -0.4 is 5.73 Å². The molecule has 1 atom stereocenters. The fourth-order valence-corrected chi connectivity index (χ4v) is 2.06. The smallest absolute Gasteiger partial charge is 0.255 e. The van der Waals surface area contributed by atoms with E-state index in [1.807, 2.05) is 6.07 Å². The average Bonchev–Trinajstić information content (AvgIpc) is 2.80. The Hall–Kier alpha value is -2.48. The number of hydrogen-bond acceptors (Lipinski definition) is 3. The average molecular weight is 256 g/mol. The number of nitrogens with one attached hydrogen (secondary N) is 1. The van der Waals surface area contributed by atoms with Crippen LogP contribution in [0.3, 0.4) is 0 Å². The third-order valence-corrected chi connectivity index (χ3v) is 3.05. The van der Waals surface area contributed by atoms with Crippen LogP contribution in [-0.2, 0) is 0 Å². The molecule has 0 aliphatic heterocycles. The maximum atomic E-state index is 12.3. The highest BCUT2D eigenvalue weighted by atomic mass is 16.2. The Labute approximate surface area is 111 Å². The Kier molecular flexibility index (Phi) is 3.43. The van der Waals surface area contributed by atoms with Crippen LogP contribution in [0.25, 0.3) is 10.9 Å². The number of anilines is 1. The van der Waals surface area contributed by atoms with E-state index in [1.165, 1.54) is 0 Å². The zero-order chi connectivity index (χ0) is 14.0. The summed E-state index contributed by atoms with van der Waals surface area (Å²) in [4.78, 5) is 16.9. The summed E-state index contributed by atoms with van der Waals surface area (Å²) in [6, 6.07) is 7.52. The van der Waals surface area contributed by atoms with E-state index in [4.69, 9.17) is 11.0 Å². The maximum Gasteiger partial charge on any atom is 0.255 e. The van der Waals surface area contributed by atoms with Gasteiger partial charge >= 0.3 is 0 Å². The predicted octanol–water partition coefficient (Wildman–Crippen LogP) is 1.98. The summed E-state index contributed by atoms with van der Waals surface area (Å²) in [5.74, 6) is -0.284. The predicted molar refractivity (Wildman–Crippen MR) is 74.4 cm³/mol. The van der Waals surface area contributed by atoms with Gasteiger partial charge in [-0.1, -0.05) is 0 Å². The monoisotopic (exact) mass is 256 g/mol. The zero-order valence-corrected chi connectivity index (χ0v) is 11.0. The van der Waals surface area contributed by atoms with Gasteiger partial charge in [0.15, 0.2) is 0 Å². The fraction of sp³-hybridized carbons (Fsp3) is 0.286. The molecular formula is C14H16N4O. The molecule has 0 radical (unpaired) electrons. The number of nitriles is 1. The first-order valence-electron chi connectivity index (χ1n) is 6.04. The molecule has 0 aliphatic rings. The molecule has 0 aliphatic carbocycles.